The van der Waals surface area contributed by atoms with E-state index in [9.17, 15) is 0 Å². The van der Waals surface area contributed by atoms with Crippen molar-refractivity contribution in [3.8, 4) is 16.9 Å². The van der Waals surface area contributed by atoms with Crippen LogP contribution in [0.15, 0.2) is 54.6 Å². The molecule has 0 aliphatic heterocycles. The standard InChI is InChI=1S/C18H17NOS/c1-2-12-20-17-14-10-6-7-11-15(14)19-18(21)16(17)13-8-4-3-5-9-13/h3-11H,2,12H2,1H3,(H,19,21). The molecule has 0 atom stereocenters. The van der Waals surface area contributed by atoms with Gasteiger partial charge in [-0.2, -0.15) is 0 Å². The molecule has 1 heterocycles. The van der Waals surface area contributed by atoms with Crippen molar-refractivity contribution in [2.75, 3.05) is 6.61 Å². The lowest BCUT2D eigenvalue weighted by Crippen LogP contribution is -2.00. The van der Waals surface area contributed by atoms with E-state index in [0.717, 1.165) is 34.2 Å². The minimum Gasteiger partial charge on any atom is -0.492 e. The van der Waals surface area contributed by atoms with E-state index in [2.05, 4.69) is 30.1 Å². The Morgan fingerprint density at radius 2 is 1.71 bits per heavy atom. The zero-order chi connectivity index (χ0) is 14.7. The van der Waals surface area contributed by atoms with Gasteiger partial charge in [-0.1, -0.05) is 61.6 Å². The van der Waals surface area contributed by atoms with Gasteiger partial charge in [-0.15, -0.1) is 0 Å². The molecule has 0 radical (unpaired) electrons. The predicted molar refractivity (Wildman–Crippen MR) is 90.4 cm³/mol. The van der Waals surface area contributed by atoms with Gasteiger partial charge in [0.2, 0.25) is 0 Å². The molecule has 0 unspecified atom stereocenters. The van der Waals surface area contributed by atoms with Crippen molar-refractivity contribution in [3.63, 3.8) is 0 Å². The Hall–Kier alpha value is -2.13. The molecule has 0 aliphatic rings. The molecule has 2 aromatic carbocycles. The molecule has 0 saturated carbocycles. The van der Waals surface area contributed by atoms with Crippen LogP contribution < -0.4 is 4.74 Å². The van der Waals surface area contributed by atoms with Gasteiger partial charge < -0.3 is 9.72 Å². The van der Waals surface area contributed by atoms with Crippen LogP contribution in [0.2, 0.25) is 0 Å². The van der Waals surface area contributed by atoms with Crippen LogP contribution in [0.5, 0.6) is 5.75 Å². The van der Waals surface area contributed by atoms with Gasteiger partial charge in [0, 0.05) is 5.39 Å². The molecule has 3 aromatic rings. The van der Waals surface area contributed by atoms with Gasteiger partial charge in [-0.3, -0.25) is 0 Å². The van der Waals surface area contributed by atoms with E-state index in [1.807, 2.05) is 36.4 Å². The third kappa shape index (κ3) is 2.69. The van der Waals surface area contributed by atoms with Gasteiger partial charge in [0.1, 0.15) is 10.4 Å². The lowest BCUT2D eigenvalue weighted by molar-refractivity contribution is 0.322. The zero-order valence-electron chi connectivity index (χ0n) is 11.9. The first-order valence-corrected chi connectivity index (χ1v) is 7.55. The van der Waals surface area contributed by atoms with Crippen LogP contribution >= 0.6 is 12.2 Å². The van der Waals surface area contributed by atoms with Crippen LogP contribution in [0.1, 0.15) is 13.3 Å². The molecule has 21 heavy (non-hydrogen) atoms. The normalized spacial score (nSPS) is 10.7. The molecule has 2 nitrogen and oxygen atoms in total. The molecule has 0 bridgehead atoms. The first kappa shape index (κ1) is 13.8. The minimum atomic E-state index is 0.683. The van der Waals surface area contributed by atoms with Gasteiger partial charge in [0.05, 0.1) is 17.7 Å². The Morgan fingerprint density at radius 1 is 1.00 bits per heavy atom. The second kappa shape index (κ2) is 6.10. The van der Waals surface area contributed by atoms with E-state index in [4.69, 9.17) is 17.0 Å². The molecular formula is C18H17NOS. The number of H-pyrrole nitrogens is 1. The molecule has 0 amide bonds. The second-order valence-corrected chi connectivity index (χ2v) is 5.33. The highest BCUT2D eigenvalue weighted by atomic mass is 32.1. The smallest absolute Gasteiger partial charge is 0.139 e. The number of hydrogen-bond donors (Lipinski definition) is 1. The highest BCUT2D eigenvalue weighted by Gasteiger charge is 2.13. The van der Waals surface area contributed by atoms with E-state index in [0.29, 0.717) is 11.2 Å². The number of aromatic nitrogens is 1. The Kier molecular flexibility index (Phi) is 4.02. The number of pyridine rings is 1. The lowest BCUT2D eigenvalue weighted by Gasteiger charge is -2.14. The Bertz CT molecular complexity index is 808. The van der Waals surface area contributed by atoms with E-state index < -0.39 is 0 Å². The largest absolute Gasteiger partial charge is 0.492 e. The highest BCUT2D eigenvalue weighted by Crippen LogP contribution is 2.36. The molecule has 0 saturated heterocycles. The number of ether oxygens (including phenoxy) is 1. The molecular weight excluding hydrogens is 278 g/mol. The Balaban J connectivity index is 2.31. The molecule has 3 heteroatoms. The number of aromatic amines is 1. The molecule has 1 N–H and O–H groups in total. The number of rotatable bonds is 4. The number of benzene rings is 2. The van der Waals surface area contributed by atoms with Gasteiger partial charge in [-0.05, 0) is 24.1 Å². The summed E-state index contributed by atoms with van der Waals surface area (Å²) in [6.07, 6.45) is 0.966. The molecule has 3 rings (SSSR count). The number of fused-ring (bicyclic) bond motifs is 1. The SMILES string of the molecule is CCCOc1c(-c2ccccc2)c(=S)[nH]c2ccccc12. The minimum absolute atomic E-state index is 0.683. The van der Waals surface area contributed by atoms with Crippen LogP contribution in [0.4, 0.5) is 0 Å². The fourth-order valence-corrected chi connectivity index (χ4v) is 2.75. The summed E-state index contributed by atoms with van der Waals surface area (Å²) in [5.41, 5.74) is 3.06. The van der Waals surface area contributed by atoms with Crippen molar-refractivity contribution in [1.82, 2.24) is 4.98 Å². The van der Waals surface area contributed by atoms with E-state index in [1.165, 1.54) is 0 Å². The predicted octanol–water partition coefficient (Wildman–Crippen LogP) is 5.35. The first-order valence-electron chi connectivity index (χ1n) is 7.14. The number of para-hydroxylation sites is 1. The summed E-state index contributed by atoms with van der Waals surface area (Å²) >= 11 is 5.56. The summed E-state index contributed by atoms with van der Waals surface area (Å²) in [7, 11) is 0. The molecule has 0 fully saturated rings. The van der Waals surface area contributed by atoms with Crippen LogP contribution in [-0.4, -0.2) is 11.6 Å². The molecule has 0 spiro atoms. The third-order valence-corrected chi connectivity index (χ3v) is 3.69. The monoisotopic (exact) mass is 295 g/mol. The summed E-state index contributed by atoms with van der Waals surface area (Å²) in [5, 5.41) is 1.07. The zero-order valence-corrected chi connectivity index (χ0v) is 12.7. The first-order chi connectivity index (χ1) is 10.3. The van der Waals surface area contributed by atoms with Crippen molar-refractivity contribution in [2.24, 2.45) is 0 Å². The molecule has 1 aromatic heterocycles. The maximum absolute atomic E-state index is 6.05. The summed E-state index contributed by atoms with van der Waals surface area (Å²) in [5.74, 6) is 0.877. The van der Waals surface area contributed by atoms with Crippen molar-refractivity contribution in [1.29, 1.82) is 0 Å². The van der Waals surface area contributed by atoms with E-state index in [1.54, 1.807) is 0 Å². The average molecular weight is 295 g/mol. The fourth-order valence-electron chi connectivity index (χ4n) is 2.43. The fraction of sp³-hybridized carbons (Fsp3) is 0.167. The van der Waals surface area contributed by atoms with Crippen molar-refractivity contribution in [2.45, 2.75) is 13.3 Å². The highest BCUT2D eigenvalue weighted by molar-refractivity contribution is 7.71. The Morgan fingerprint density at radius 3 is 2.48 bits per heavy atom. The van der Waals surface area contributed by atoms with Gasteiger partial charge in [-0.25, -0.2) is 0 Å². The Labute approximate surface area is 129 Å². The summed E-state index contributed by atoms with van der Waals surface area (Å²) in [6, 6.07) is 18.3. The second-order valence-electron chi connectivity index (χ2n) is 4.92. The summed E-state index contributed by atoms with van der Waals surface area (Å²) in [6.45, 7) is 2.79. The maximum atomic E-state index is 6.05. The van der Waals surface area contributed by atoms with Crippen molar-refractivity contribution in [3.05, 3.63) is 59.2 Å². The van der Waals surface area contributed by atoms with Crippen molar-refractivity contribution >= 4 is 23.1 Å². The van der Waals surface area contributed by atoms with E-state index >= 15 is 0 Å². The van der Waals surface area contributed by atoms with Crippen LogP contribution in [-0.2, 0) is 0 Å². The average Bonchev–Trinajstić information content (AvgIpc) is 2.53. The maximum Gasteiger partial charge on any atom is 0.139 e. The van der Waals surface area contributed by atoms with E-state index in [-0.39, 0.29) is 0 Å². The third-order valence-electron chi connectivity index (χ3n) is 3.39. The van der Waals surface area contributed by atoms with Crippen LogP contribution in [0.3, 0.4) is 0 Å². The number of nitrogens with one attached hydrogen (secondary N) is 1. The summed E-state index contributed by atoms with van der Waals surface area (Å²) < 4.78 is 6.76. The summed E-state index contributed by atoms with van der Waals surface area (Å²) in [4.78, 5) is 3.31. The quantitative estimate of drug-likeness (QED) is 0.656. The lowest BCUT2D eigenvalue weighted by atomic mass is 10.0. The molecule has 0 aliphatic carbocycles. The van der Waals surface area contributed by atoms with Crippen molar-refractivity contribution < 1.29 is 4.74 Å². The van der Waals surface area contributed by atoms with Crippen LogP contribution in [0.25, 0.3) is 22.0 Å². The van der Waals surface area contributed by atoms with Crippen LogP contribution in [0, 0.1) is 4.64 Å². The topological polar surface area (TPSA) is 25.0 Å². The van der Waals surface area contributed by atoms with Gasteiger partial charge >= 0.3 is 0 Å². The number of hydrogen-bond acceptors (Lipinski definition) is 2. The van der Waals surface area contributed by atoms with Gasteiger partial charge in [0.25, 0.3) is 0 Å². The molecule has 106 valence electrons. The van der Waals surface area contributed by atoms with Gasteiger partial charge in [0.15, 0.2) is 0 Å².